The summed E-state index contributed by atoms with van der Waals surface area (Å²) < 4.78 is 5.69. The molecule has 0 bridgehead atoms. The van der Waals surface area contributed by atoms with Crippen molar-refractivity contribution in [2.75, 3.05) is 0 Å². The molecule has 0 fully saturated rings. The van der Waals surface area contributed by atoms with Crippen molar-refractivity contribution < 1.29 is 24.0 Å². The molecule has 1 heterocycles. The van der Waals surface area contributed by atoms with Crippen LogP contribution in [0, 0.1) is 0 Å². The molecule has 0 atom stereocenters. The van der Waals surface area contributed by atoms with Gasteiger partial charge in [0.1, 0.15) is 11.5 Å². The Hall–Kier alpha value is -3.97. The molecule has 0 unspecified atom stereocenters. The van der Waals surface area contributed by atoms with Crippen LogP contribution in [0.4, 0.5) is 0 Å². The van der Waals surface area contributed by atoms with Crippen LogP contribution in [0.25, 0.3) is 6.08 Å². The van der Waals surface area contributed by atoms with Crippen LogP contribution < -0.4 is 4.74 Å². The maximum atomic E-state index is 12.8. The fourth-order valence-corrected chi connectivity index (χ4v) is 4.38. The summed E-state index contributed by atoms with van der Waals surface area (Å²) in [5, 5.41) is 3.77. The molecule has 1 aliphatic heterocycles. The lowest BCUT2D eigenvalue weighted by molar-refractivity contribution is -0.140. The normalized spacial score (nSPS) is 13.9. The van der Waals surface area contributed by atoms with Gasteiger partial charge in [0.25, 0.3) is 0 Å². The first-order valence-corrected chi connectivity index (χ1v) is 12.5. The Balaban J connectivity index is 1.41. The molecule has 0 saturated carbocycles. The zero-order valence-electron chi connectivity index (χ0n) is 20.0. The highest BCUT2D eigenvalue weighted by molar-refractivity contribution is 7.99. The molecular formula is C29H25NO5S. The monoisotopic (exact) mass is 499 g/mol. The number of carbonyl (C=O) groups is 3. The van der Waals surface area contributed by atoms with Gasteiger partial charge in [-0.15, -0.1) is 0 Å². The molecule has 1 aliphatic rings. The van der Waals surface area contributed by atoms with Gasteiger partial charge in [-0.3, -0.25) is 9.59 Å². The number of Topliss-reactive ketones (excluding diaryl/α,β-unsaturated/α-hetero) is 2. The largest absolute Gasteiger partial charge is 0.452 e. The fraction of sp³-hybridized carbons (Fsp3) is 0.172. The van der Waals surface area contributed by atoms with Gasteiger partial charge in [0.15, 0.2) is 5.76 Å². The summed E-state index contributed by atoms with van der Waals surface area (Å²) in [7, 11) is 0. The topological polar surface area (TPSA) is 82.0 Å². The van der Waals surface area contributed by atoms with Crippen molar-refractivity contribution in [3.05, 3.63) is 95.2 Å². The Morgan fingerprint density at radius 2 is 1.64 bits per heavy atom. The Morgan fingerprint density at radius 1 is 0.972 bits per heavy atom. The van der Waals surface area contributed by atoms with Crippen molar-refractivity contribution in [3.8, 4) is 5.75 Å². The smallest absolute Gasteiger partial charge is 0.331 e. The van der Waals surface area contributed by atoms with E-state index < -0.39 is 5.97 Å². The Bertz CT molecular complexity index is 1340. The van der Waals surface area contributed by atoms with E-state index in [9.17, 15) is 14.4 Å². The average molecular weight is 500 g/mol. The van der Waals surface area contributed by atoms with E-state index >= 15 is 0 Å². The number of fused-ring (bicyclic) bond motifs is 1. The highest BCUT2D eigenvalue weighted by Gasteiger charge is 2.26. The van der Waals surface area contributed by atoms with Crippen molar-refractivity contribution in [1.82, 2.24) is 0 Å². The third-order valence-corrected chi connectivity index (χ3v) is 6.43. The zero-order chi connectivity index (χ0) is 25.5. The van der Waals surface area contributed by atoms with E-state index in [0.29, 0.717) is 29.1 Å². The third kappa shape index (κ3) is 6.17. The SMILES string of the molecule is CCCCC(=NOC(C)=O)C(=O)c1ccc(Sc2ccc(C=C3Oc4ccccc4C3=O)cc2)cc1. The number of hydrogen-bond donors (Lipinski definition) is 0. The van der Waals surface area contributed by atoms with Crippen LogP contribution in [-0.4, -0.2) is 23.2 Å². The molecule has 0 aromatic heterocycles. The van der Waals surface area contributed by atoms with Crippen LogP contribution in [-0.2, 0) is 9.63 Å². The summed E-state index contributed by atoms with van der Waals surface area (Å²) in [5.41, 5.74) is 2.17. The summed E-state index contributed by atoms with van der Waals surface area (Å²) in [6, 6.07) is 22.2. The second-order valence-corrected chi connectivity index (χ2v) is 9.33. The molecule has 0 amide bonds. The summed E-state index contributed by atoms with van der Waals surface area (Å²) in [4.78, 5) is 43.1. The van der Waals surface area contributed by atoms with Crippen molar-refractivity contribution in [2.45, 2.75) is 42.9 Å². The van der Waals surface area contributed by atoms with Crippen LogP contribution in [0.1, 0.15) is 59.4 Å². The predicted octanol–water partition coefficient (Wildman–Crippen LogP) is 6.75. The number of unbranched alkanes of at least 4 members (excludes halogenated alkanes) is 1. The standard InChI is InChI=1S/C29H25NO5S/c1-3-4-8-25(30-35-19(2)31)28(32)21-12-16-23(17-13-21)36-22-14-10-20(11-15-22)18-27-29(33)24-7-5-6-9-26(24)34-27/h5-7,9-18H,3-4,8H2,1-2H3. The first kappa shape index (κ1) is 25.1. The molecule has 3 aromatic rings. The maximum absolute atomic E-state index is 12.8. The van der Waals surface area contributed by atoms with Gasteiger partial charge < -0.3 is 9.57 Å². The maximum Gasteiger partial charge on any atom is 0.331 e. The molecule has 6 nitrogen and oxygen atoms in total. The van der Waals surface area contributed by atoms with Crippen molar-refractivity contribution >= 4 is 41.1 Å². The molecule has 0 spiro atoms. The molecule has 182 valence electrons. The summed E-state index contributed by atoms with van der Waals surface area (Å²) in [6.45, 7) is 3.27. The molecule has 36 heavy (non-hydrogen) atoms. The average Bonchev–Trinajstić information content (AvgIpc) is 3.20. The lowest BCUT2D eigenvalue weighted by Crippen LogP contribution is -2.15. The molecule has 4 rings (SSSR count). The van der Waals surface area contributed by atoms with Gasteiger partial charge in [-0.2, -0.15) is 0 Å². The van der Waals surface area contributed by atoms with Gasteiger partial charge >= 0.3 is 5.97 Å². The number of para-hydroxylation sites is 1. The molecule has 3 aromatic carbocycles. The Labute approximate surface area is 214 Å². The zero-order valence-corrected chi connectivity index (χ0v) is 20.8. The number of nitrogens with zero attached hydrogens (tertiary/aromatic N) is 1. The molecule has 0 radical (unpaired) electrons. The highest BCUT2D eigenvalue weighted by Crippen LogP contribution is 2.32. The van der Waals surface area contributed by atoms with E-state index in [2.05, 4.69) is 5.16 Å². The van der Waals surface area contributed by atoms with Gasteiger partial charge in [-0.1, -0.05) is 54.5 Å². The molecule has 0 aliphatic carbocycles. The third-order valence-electron chi connectivity index (χ3n) is 5.42. The van der Waals surface area contributed by atoms with E-state index in [1.54, 1.807) is 42.1 Å². The first-order valence-electron chi connectivity index (χ1n) is 11.6. The number of rotatable bonds is 9. The Kier molecular flexibility index (Phi) is 8.13. The van der Waals surface area contributed by atoms with Crippen molar-refractivity contribution in [2.24, 2.45) is 5.16 Å². The van der Waals surface area contributed by atoms with Crippen LogP contribution >= 0.6 is 11.8 Å². The van der Waals surface area contributed by atoms with E-state index in [1.165, 1.54) is 6.92 Å². The number of benzene rings is 3. The van der Waals surface area contributed by atoms with Gasteiger partial charge in [-0.05, 0) is 73.0 Å². The number of allylic oxidation sites excluding steroid dienone is 1. The number of oxime groups is 1. The van der Waals surface area contributed by atoms with Gasteiger partial charge in [0, 0.05) is 22.3 Å². The van der Waals surface area contributed by atoms with Crippen molar-refractivity contribution in [1.29, 1.82) is 0 Å². The van der Waals surface area contributed by atoms with Gasteiger partial charge in [0.2, 0.25) is 11.6 Å². The summed E-state index contributed by atoms with van der Waals surface area (Å²) in [5.74, 6) is -0.0254. The highest BCUT2D eigenvalue weighted by atomic mass is 32.2. The fourth-order valence-electron chi connectivity index (χ4n) is 3.56. The van der Waals surface area contributed by atoms with E-state index in [4.69, 9.17) is 9.57 Å². The van der Waals surface area contributed by atoms with Crippen LogP contribution in [0.2, 0.25) is 0 Å². The van der Waals surface area contributed by atoms with E-state index in [0.717, 1.165) is 28.2 Å². The number of hydrogen-bond acceptors (Lipinski definition) is 7. The number of ether oxygens (including phenoxy) is 1. The first-order chi connectivity index (χ1) is 17.4. The minimum Gasteiger partial charge on any atom is -0.452 e. The van der Waals surface area contributed by atoms with Gasteiger partial charge in [-0.25, -0.2) is 4.79 Å². The molecular weight excluding hydrogens is 474 g/mol. The minimum atomic E-state index is -0.557. The van der Waals surface area contributed by atoms with Crippen LogP contribution in [0.5, 0.6) is 5.75 Å². The number of ketones is 2. The van der Waals surface area contributed by atoms with E-state index in [1.807, 2.05) is 55.5 Å². The quantitative estimate of drug-likeness (QED) is 0.107. The molecule has 7 heteroatoms. The minimum absolute atomic E-state index is 0.116. The second kappa shape index (κ2) is 11.6. The summed E-state index contributed by atoms with van der Waals surface area (Å²) >= 11 is 1.56. The number of carbonyl (C=O) groups excluding carboxylic acids is 3. The van der Waals surface area contributed by atoms with Crippen molar-refractivity contribution in [3.63, 3.8) is 0 Å². The van der Waals surface area contributed by atoms with E-state index in [-0.39, 0.29) is 17.3 Å². The predicted molar refractivity (Wildman–Crippen MR) is 139 cm³/mol. The van der Waals surface area contributed by atoms with Gasteiger partial charge in [0.05, 0.1) is 5.56 Å². The summed E-state index contributed by atoms with van der Waals surface area (Å²) in [6.07, 6.45) is 3.86. The lowest BCUT2D eigenvalue weighted by Gasteiger charge is -2.07. The van der Waals surface area contributed by atoms with Crippen LogP contribution in [0.15, 0.2) is 93.5 Å². The van der Waals surface area contributed by atoms with Crippen LogP contribution in [0.3, 0.4) is 0 Å². The lowest BCUT2D eigenvalue weighted by atomic mass is 10.0. The molecule has 0 saturated heterocycles. The molecule has 0 N–H and O–H groups in total. The second-order valence-electron chi connectivity index (χ2n) is 8.18. The Morgan fingerprint density at radius 3 is 2.28 bits per heavy atom.